The molecule has 0 bridgehead atoms. The second-order valence-corrected chi connectivity index (χ2v) is 10.3. The van der Waals surface area contributed by atoms with Crippen molar-refractivity contribution in [3.8, 4) is 5.75 Å². The number of fused-ring (bicyclic) bond motifs is 3. The highest BCUT2D eigenvalue weighted by Gasteiger charge is 2.23. The van der Waals surface area contributed by atoms with Gasteiger partial charge in [-0.15, -0.1) is 11.3 Å². The number of rotatable bonds is 5. The lowest BCUT2D eigenvalue weighted by molar-refractivity contribution is -0.135. The molecule has 7 nitrogen and oxygen atoms in total. The van der Waals surface area contributed by atoms with Crippen LogP contribution in [0.2, 0.25) is 5.02 Å². The molecular weight excluding hydrogens is 460 g/mol. The van der Waals surface area contributed by atoms with E-state index in [4.69, 9.17) is 21.3 Å². The highest BCUT2D eigenvalue weighted by Crippen LogP contribution is 2.33. The lowest BCUT2D eigenvalue weighted by Gasteiger charge is -2.34. The Bertz CT molecular complexity index is 1250. The maximum Gasteiger partial charge on any atom is 0.260 e. The smallest absolute Gasteiger partial charge is 0.260 e. The molecule has 2 aromatic heterocycles. The topological polar surface area (TPSA) is 78.5 Å². The van der Waals surface area contributed by atoms with Gasteiger partial charge in [-0.25, -0.2) is 4.98 Å². The maximum absolute atomic E-state index is 12.8. The molecule has 0 radical (unpaired) electrons. The van der Waals surface area contributed by atoms with Crippen molar-refractivity contribution in [1.29, 1.82) is 0 Å². The standard InChI is InChI=1S/C24H27ClN4O3S/c1-15-12-16(6-7-18(15)25)32-14-21(30)29-10-8-28(9-11-29)13-20-26-23(31)22-17-4-2-3-5-19(17)33-24(22)27-20/h6-7,12H,2-5,8-11,13-14H2,1H3,(H,26,27,31). The van der Waals surface area contributed by atoms with Crippen molar-refractivity contribution in [2.75, 3.05) is 32.8 Å². The highest BCUT2D eigenvalue weighted by molar-refractivity contribution is 7.18. The van der Waals surface area contributed by atoms with Crippen molar-refractivity contribution in [2.24, 2.45) is 0 Å². The zero-order valence-corrected chi connectivity index (χ0v) is 20.2. The molecule has 9 heteroatoms. The van der Waals surface area contributed by atoms with Crippen molar-refractivity contribution < 1.29 is 9.53 Å². The van der Waals surface area contributed by atoms with E-state index < -0.39 is 0 Å². The van der Waals surface area contributed by atoms with Crippen molar-refractivity contribution in [1.82, 2.24) is 19.8 Å². The van der Waals surface area contributed by atoms with Crippen LogP contribution in [0.3, 0.4) is 0 Å². The van der Waals surface area contributed by atoms with Gasteiger partial charge in [0.25, 0.3) is 11.5 Å². The number of carbonyl (C=O) groups excluding carboxylic acids is 1. The van der Waals surface area contributed by atoms with Crippen LogP contribution in [0.15, 0.2) is 23.0 Å². The normalized spacial score (nSPS) is 16.7. The van der Waals surface area contributed by atoms with Crippen molar-refractivity contribution in [3.63, 3.8) is 0 Å². The summed E-state index contributed by atoms with van der Waals surface area (Å²) in [4.78, 5) is 39.4. The number of piperazine rings is 1. The number of aromatic nitrogens is 2. The van der Waals surface area contributed by atoms with Gasteiger partial charge in [-0.3, -0.25) is 14.5 Å². The van der Waals surface area contributed by atoms with Crippen LogP contribution in [-0.4, -0.2) is 58.5 Å². The molecule has 0 atom stereocenters. The zero-order valence-electron chi connectivity index (χ0n) is 18.7. The molecule has 2 aliphatic rings. The van der Waals surface area contributed by atoms with E-state index in [-0.39, 0.29) is 18.1 Å². The fourth-order valence-corrected chi connectivity index (χ4v) is 5.99. The lowest BCUT2D eigenvalue weighted by Crippen LogP contribution is -2.49. The predicted octanol–water partition coefficient (Wildman–Crippen LogP) is 3.55. The average Bonchev–Trinajstić information content (AvgIpc) is 3.19. The first kappa shape index (κ1) is 22.4. The van der Waals surface area contributed by atoms with Gasteiger partial charge < -0.3 is 14.6 Å². The molecule has 1 fully saturated rings. The molecule has 3 aromatic rings. The van der Waals surface area contributed by atoms with Gasteiger partial charge in [0.05, 0.1) is 11.9 Å². The van der Waals surface area contributed by atoms with Gasteiger partial charge in [-0.2, -0.15) is 0 Å². The Morgan fingerprint density at radius 1 is 1.21 bits per heavy atom. The molecular formula is C24H27ClN4O3S. The third kappa shape index (κ3) is 4.78. The second kappa shape index (κ2) is 9.44. The second-order valence-electron chi connectivity index (χ2n) is 8.76. The molecule has 5 rings (SSSR count). The van der Waals surface area contributed by atoms with Crippen LogP contribution < -0.4 is 10.3 Å². The predicted molar refractivity (Wildman–Crippen MR) is 130 cm³/mol. The molecule has 0 unspecified atom stereocenters. The molecule has 33 heavy (non-hydrogen) atoms. The lowest BCUT2D eigenvalue weighted by atomic mass is 9.97. The van der Waals surface area contributed by atoms with E-state index in [0.29, 0.717) is 36.2 Å². The van der Waals surface area contributed by atoms with Gasteiger partial charge in [0.15, 0.2) is 6.61 Å². The Kier molecular flexibility index (Phi) is 6.40. The van der Waals surface area contributed by atoms with Gasteiger partial charge in [0.2, 0.25) is 0 Å². The number of amides is 1. The number of H-pyrrole nitrogens is 1. The van der Waals surface area contributed by atoms with E-state index in [1.165, 1.54) is 16.9 Å². The Labute approximate surface area is 201 Å². The van der Waals surface area contributed by atoms with Gasteiger partial charge >= 0.3 is 0 Å². The number of nitrogens with one attached hydrogen (secondary N) is 1. The quantitative estimate of drug-likeness (QED) is 0.596. The van der Waals surface area contributed by atoms with Crippen molar-refractivity contribution in [2.45, 2.75) is 39.2 Å². The third-order valence-corrected chi connectivity index (χ3v) is 8.07. The maximum atomic E-state index is 12.8. The van der Waals surface area contributed by atoms with Gasteiger partial charge in [-0.05, 0) is 61.9 Å². The van der Waals surface area contributed by atoms with E-state index >= 15 is 0 Å². The van der Waals surface area contributed by atoms with Crippen LogP contribution in [0.4, 0.5) is 0 Å². The van der Waals surface area contributed by atoms with Crippen molar-refractivity contribution >= 4 is 39.1 Å². The SMILES string of the molecule is Cc1cc(OCC(=O)N2CCN(Cc3nc4sc5c(c4c(=O)[nH]3)CCCC5)CC2)ccc1Cl. The summed E-state index contributed by atoms with van der Waals surface area (Å²) < 4.78 is 5.66. The van der Waals surface area contributed by atoms with Crippen LogP contribution in [0.25, 0.3) is 10.2 Å². The summed E-state index contributed by atoms with van der Waals surface area (Å²) in [6, 6.07) is 5.38. The minimum Gasteiger partial charge on any atom is -0.484 e. The Morgan fingerprint density at radius 3 is 2.79 bits per heavy atom. The summed E-state index contributed by atoms with van der Waals surface area (Å²) >= 11 is 7.71. The van der Waals surface area contributed by atoms with Crippen LogP contribution >= 0.6 is 22.9 Å². The summed E-state index contributed by atoms with van der Waals surface area (Å²) in [5.74, 6) is 1.32. The number of hydrogen-bond acceptors (Lipinski definition) is 6. The van der Waals surface area contributed by atoms with E-state index in [9.17, 15) is 9.59 Å². The highest BCUT2D eigenvalue weighted by atomic mass is 35.5. The minimum absolute atomic E-state index is 0.00958. The molecule has 1 aromatic carbocycles. The number of hydrogen-bond donors (Lipinski definition) is 1. The number of aromatic amines is 1. The first-order chi connectivity index (χ1) is 16.0. The van der Waals surface area contributed by atoms with Crippen LogP contribution in [0, 0.1) is 6.92 Å². The number of aryl methyl sites for hydroxylation is 3. The van der Waals surface area contributed by atoms with Crippen LogP contribution in [0.5, 0.6) is 5.75 Å². The Hall–Kier alpha value is -2.42. The largest absolute Gasteiger partial charge is 0.484 e. The van der Waals surface area contributed by atoms with Crippen LogP contribution in [0.1, 0.15) is 34.7 Å². The first-order valence-corrected chi connectivity index (χ1v) is 12.6. The molecule has 3 heterocycles. The summed E-state index contributed by atoms with van der Waals surface area (Å²) in [6.07, 6.45) is 4.38. The Morgan fingerprint density at radius 2 is 2.00 bits per heavy atom. The molecule has 0 spiro atoms. The van der Waals surface area contributed by atoms with E-state index in [2.05, 4.69) is 9.88 Å². The molecule has 1 aliphatic carbocycles. The molecule has 174 valence electrons. The third-order valence-electron chi connectivity index (χ3n) is 6.46. The number of nitrogens with zero attached hydrogens (tertiary/aromatic N) is 3. The average molecular weight is 487 g/mol. The summed E-state index contributed by atoms with van der Waals surface area (Å²) in [7, 11) is 0. The van der Waals surface area contributed by atoms with E-state index in [1.807, 2.05) is 17.9 Å². The van der Waals surface area contributed by atoms with Crippen LogP contribution in [-0.2, 0) is 24.2 Å². The Balaban J connectivity index is 1.16. The van der Waals surface area contributed by atoms with Crippen molar-refractivity contribution in [3.05, 3.63) is 55.4 Å². The molecule has 1 amide bonds. The number of thiophene rings is 1. The molecule has 1 saturated heterocycles. The minimum atomic E-state index is -0.0284. The number of halogens is 1. The van der Waals surface area contributed by atoms with Gasteiger partial charge in [-0.1, -0.05) is 11.6 Å². The summed E-state index contributed by atoms with van der Waals surface area (Å²) in [5, 5.41) is 1.48. The van der Waals surface area contributed by atoms with E-state index in [0.717, 1.165) is 48.1 Å². The molecule has 0 saturated carbocycles. The molecule has 1 N–H and O–H groups in total. The van der Waals surface area contributed by atoms with Gasteiger partial charge in [0, 0.05) is 36.1 Å². The number of ether oxygens (including phenoxy) is 1. The molecule has 1 aliphatic heterocycles. The first-order valence-electron chi connectivity index (χ1n) is 11.4. The summed E-state index contributed by atoms with van der Waals surface area (Å²) in [5.41, 5.74) is 2.12. The van der Waals surface area contributed by atoms with E-state index in [1.54, 1.807) is 23.5 Å². The summed E-state index contributed by atoms with van der Waals surface area (Å²) in [6.45, 7) is 5.21. The fraction of sp³-hybridized carbons (Fsp3) is 0.458. The fourth-order valence-electron chi connectivity index (χ4n) is 4.59. The number of benzene rings is 1. The zero-order chi connectivity index (χ0) is 22.9. The monoisotopic (exact) mass is 486 g/mol. The van der Waals surface area contributed by atoms with Gasteiger partial charge in [0.1, 0.15) is 16.4 Å². The number of carbonyl (C=O) groups is 1.